The summed E-state index contributed by atoms with van der Waals surface area (Å²) in [7, 11) is -3.35. The van der Waals surface area contributed by atoms with Crippen LogP contribution in [0.2, 0.25) is 0 Å². The maximum atomic E-state index is 14.7. The Morgan fingerprint density at radius 3 is 2.29 bits per heavy atom. The minimum atomic E-state index is -3.35. The molecule has 0 N–H and O–H groups in total. The number of aromatic nitrogens is 1. The average molecular weight is 497 g/mol. The Hall–Kier alpha value is -3.46. The number of hydrogen-bond acceptors (Lipinski definition) is 6. The summed E-state index contributed by atoms with van der Waals surface area (Å²) >= 11 is 0. The van der Waals surface area contributed by atoms with Crippen LogP contribution < -0.4 is 9.64 Å². The largest absolute Gasteiger partial charge is 0.487 e. The lowest BCUT2D eigenvalue weighted by atomic mass is 10.1. The maximum Gasteiger partial charge on any atom is 0.298 e. The van der Waals surface area contributed by atoms with E-state index < -0.39 is 21.5 Å². The summed E-state index contributed by atoms with van der Waals surface area (Å²) in [5.41, 5.74) is 2.40. The molecule has 0 bridgehead atoms. The molecule has 1 saturated heterocycles. The molecule has 35 heavy (non-hydrogen) atoms. The molecular weight excluding hydrogens is 474 g/mol. The Kier molecular flexibility index (Phi) is 5.07. The van der Waals surface area contributed by atoms with Crippen LogP contribution in [0.15, 0.2) is 70.0 Å². The van der Waals surface area contributed by atoms with Gasteiger partial charge in [-0.25, -0.2) is 17.2 Å². The molecule has 0 amide bonds. The summed E-state index contributed by atoms with van der Waals surface area (Å²) in [6, 6.07) is 16.5. The fourth-order valence-corrected chi connectivity index (χ4v) is 5.62. The molecule has 0 spiro atoms. The SMILES string of the molecule is CS(=O)(=O)c1ccc(-c2cc(F)c(OCC3[C@H]4CN(c5nc6ccccc6o5)C[C@@H]34)c(F)c2)cc1. The highest BCUT2D eigenvalue weighted by Crippen LogP contribution is 2.52. The third kappa shape index (κ3) is 4.03. The van der Waals surface area contributed by atoms with Crippen molar-refractivity contribution in [1.82, 2.24) is 4.98 Å². The summed E-state index contributed by atoms with van der Waals surface area (Å²) in [5, 5.41) is 0. The van der Waals surface area contributed by atoms with Crippen LogP contribution in [0.25, 0.3) is 22.2 Å². The van der Waals surface area contributed by atoms with Crippen LogP contribution in [0.4, 0.5) is 14.8 Å². The zero-order valence-corrected chi connectivity index (χ0v) is 19.6. The molecule has 1 aromatic heterocycles. The number of para-hydroxylation sites is 2. The molecule has 2 fully saturated rings. The topological polar surface area (TPSA) is 72.6 Å². The predicted octanol–water partition coefficient (Wildman–Crippen LogP) is 4.94. The average Bonchev–Trinajstić information content (AvgIpc) is 3.17. The highest BCUT2D eigenvalue weighted by Gasteiger charge is 2.56. The van der Waals surface area contributed by atoms with E-state index in [-0.39, 0.29) is 23.2 Å². The Balaban J connectivity index is 1.09. The summed E-state index contributed by atoms with van der Waals surface area (Å²) in [6.07, 6.45) is 1.11. The number of sulfone groups is 1. The van der Waals surface area contributed by atoms with E-state index >= 15 is 0 Å². The molecule has 1 unspecified atom stereocenters. The van der Waals surface area contributed by atoms with Gasteiger partial charge in [0.25, 0.3) is 6.01 Å². The highest BCUT2D eigenvalue weighted by atomic mass is 32.2. The molecule has 3 atom stereocenters. The predicted molar refractivity (Wildman–Crippen MR) is 127 cm³/mol. The molecule has 2 aliphatic rings. The van der Waals surface area contributed by atoms with Crippen LogP contribution in [0.5, 0.6) is 5.75 Å². The number of halogens is 2. The lowest BCUT2D eigenvalue weighted by Crippen LogP contribution is -2.25. The first kappa shape index (κ1) is 22.0. The number of ether oxygens (including phenoxy) is 1. The van der Waals surface area contributed by atoms with E-state index in [1.165, 1.54) is 36.4 Å². The van der Waals surface area contributed by atoms with Gasteiger partial charge >= 0.3 is 0 Å². The second-order valence-corrected chi connectivity index (χ2v) is 11.3. The molecule has 3 aromatic carbocycles. The van der Waals surface area contributed by atoms with E-state index in [1.54, 1.807) is 0 Å². The molecule has 1 aliphatic carbocycles. The first-order valence-electron chi connectivity index (χ1n) is 11.3. The Labute approximate surface area is 201 Å². The monoisotopic (exact) mass is 496 g/mol. The molecule has 6 rings (SSSR count). The van der Waals surface area contributed by atoms with Gasteiger partial charge < -0.3 is 14.1 Å². The lowest BCUT2D eigenvalue weighted by molar-refractivity contribution is 0.257. The van der Waals surface area contributed by atoms with Crippen LogP contribution in [0.1, 0.15) is 0 Å². The molecular formula is C26H22F2N2O4S. The van der Waals surface area contributed by atoms with Gasteiger partial charge in [-0.05, 0) is 59.4 Å². The molecule has 2 heterocycles. The number of hydrogen-bond donors (Lipinski definition) is 0. The zero-order chi connectivity index (χ0) is 24.3. The van der Waals surface area contributed by atoms with Crippen molar-refractivity contribution in [1.29, 1.82) is 0 Å². The van der Waals surface area contributed by atoms with Crippen LogP contribution in [0, 0.1) is 29.4 Å². The van der Waals surface area contributed by atoms with Gasteiger partial charge in [0, 0.05) is 25.3 Å². The Morgan fingerprint density at radius 2 is 1.66 bits per heavy atom. The summed E-state index contributed by atoms with van der Waals surface area (Å²) in [5.74, 6) is -0.968. The van der Waals surface area contributed by atoms with Crippen molar-refractivity contribution in [3.05, 3.63) is 72.3 Å². The second-order valence-electron chi connectivity index (χ2n) is 9.24. The smallest absolute Gasteiger partial charge is 0.298 e. The van der Waals surface area contributed by atoms with Crippen molar-refractivity contribution in [2.45, 2.75) is 4.90 Å². The number of oxazole rings is 1. The van der Waals surface area contributed by atoms with Crippen LogP contribution in [-0.4, -0.2) is 39.4 Å². The molecule has 1 aliphatic heterocycles. The number of anilines is 1. The maximum absolute atomic E-state index is 14.7. The zero-order valence-electron chi connectivity index (χ0n) is 18.8. The van der Waals surface area contributed by atoms with Crippen molar-refractivity contribution >= 4 is 27.0 Å². The number of piperidine rings is 1. The molecule has 180 valence electrons. The number of rotatable bonds is 6. The van der Waals surface area contributed by atoms with E-state index in [4.69, 9.17) is 9.15 Å². The van der Waals surface area contributed by atoms with Gasteiger partial charge in [0.15, 0.2) is 32.8 Å². The molecule has 9 heteroatoms. The fraction of sp³-hybridized carbons (Fsp3) is 0.269. The van der Waals surface area contributed by atoms with Crippen LogP contribution in [-0.2, 0) is 9.84 Å². The van der Waals surface area contributed by atoms with Crippen molar-refractivity contribution in [3.63, 3.8) is 0 Å². The van der Waals surface area contributed by atoms with E-state index in [0.29, 0.717) is 29.0 Å². The van der Waals surface area contributed by atoms with Crippen molar-refractivity contribution in [2.24, 2.45) is 17.8 Å². The fourth-order valence-electron chi connectivity index (χ4n) is 4.99. The van der Waals surface area contributed by atoms with Gasteiger partial charge in [-0.1, -0.05) is 24.3 Å². The number of fused-ring (bicyclic) bond motifs is 2. The quantitative estimate of drug-likeness (QED) is 0.377. The van der Waals surface area contributed by atoms with Gasteiger partial charge in [0.1, 0.15) is 5.52 Å². The molecule has 1 saturated carbocycles. The summed E-state index contributed by atoms with van der Waals surface area (Å²) in [4.78, 5) is 6.79. The van der Waals surface area contributed by atoms with Crippen molar-refractivity contribution in [3.8, 4) is 16.9 Å². The number of nitrogens with zero attached hydrogens (tertiary/aromatic N) is 2. The van der Waals surface area contributed by atoms with Crippen LogP contribution in [0.3, 0.4) is 0 Å². The minimum Gasteiger partial charge on any atom is -0.487 e. The van der Waals surface area contributed by atoms with Gasteiger partial charge in [0.2, 0.25) is 0 Å². The van der Waals surface area contributed by atoms with E-state index in [0.717, 1.165) is 30.4 Å². The third-order valence-electron chi connectivity index (χ3n) is 6.96. The van der Waals surface area contributed by atoms with Gasteiger partial charge in [0.05, 0.1) is 11.5 Å². The summed E-state index contributed by atoms with van der Waals surface area (Å²) in [6.45, 7) is 1.80. The Bertz CT molecular complexity index is 1470. The van der Waals surface area contributed by atoms with Crippen molar-refractivity contribution in [2.75, 3.05) is 30.9 Å². The highest BCUT2D eigenvalue weighted by molar-refractivity contribution is 7.90. The van der Waals surface area contributed by atoms with E-state index in [9.17, 15) is 17.2 Å². The molecule has 4 aromatic rings. The lowest BCUT2D eigenvalue weighted by Gasteiger charge is -2.18. The van der Waals surface area contributed by atoms with Crippen LogP contribution >= 0.6 is 0 Å². The second kappa shape index (κ2) is 8.05. The third-order valence-corrected chi connectivity index (χ3v) is 8.09. The normalized spacial score (nSPS) is 21.3. The summed E-state index contributed by atoms with van der Waals surface area (Å²) < 4.78 is 64.1. The number of benzene rings is 3. The standard InChI is InChI=1S/C26H22F2N2O4S/c1-35(31,32)17-8-6-15(7-9-17)16-10-21(27)25(22(28)11-16)33-14-20-18-12-30(13-19(18)20)26-29-23-4-2-3-5-24(23)34-26/h2-11,18-20H,12-14H2,1H3/t18-,19+,20?. The molecule has 0 radical (unpaired) electrons. The first-order chi connectivity index (χ1) is 16.8. The first-order valence-corrected chi connectivity index (χ1v) is 13.2. The minimum absolute atomic E-state index is 0.145. The Morgan fingerprint density at radius 1 is 1.00 bits per heavy atom. The molecule has 6 nitrogen and oxygen atoms in total. The van der Waals surface area contributed by atoms with Gasteiger partial charge in [-0.3, -0.25) is 0 Å². The van der Waals surface area contributed by atoms with Gasteiger partial charge in [-0.2, -0.15) is 4.98 Å². The van der Waals surface area contributed by atoms with E-state index in [2.05, 4.69) is 9.88 Å². The van der Waals surface area contributed by atoms with E-state index in [1.807, 2.05) is 24.3 Å². The van der Waals surface area contributed by atoms with Gasteiger partial charge in [-0.15, -0.1) is 0 Å². The van der Waals surface area contributed by atoms with Crippen molar-refractivity contribution < 1.29 is 26.4 Å².